The molecule has 0 amide bonds. The zero-order valence-corrected chi connectivity index (χ0v) is 13.3. The summed E-state index contributed by atoms with van der Waals surface area (Å²) >= 11 is 6.20. The predicted octanol–water partition coefficient (Wildman–Crippen LogP) is 3.51. The maximum absolute atomic E-state index is 6.20. The molecule has 0 fully saturated rings. The zero-order valence-electron chi connectivity index (χ0n) is 12.5. The number of nitrogens with zero attached hydrogens (tertiary/aromatic N) is 3. The maximum Gasteiger partial charge on any atom is 0.219 e. The summed E-state index contributed by atoms with van der Waals surface area (Å²) in [7, 11) is 1.97. The number of hydrogen-bond acceptors (Lipinski definition) is 2. The minimum absolute atomic E-state index is 0.686. The number of nitrogens with one attached hydrogen (secondary N) is 1. The molecule has 1 aliphatic heterocycles. The van der Waals surface area contributed by atoms with E-state index in [2.05, 4.69) is 15.5 Å². The molecule has 1 heterocycles. The Balaban J connectivity index is 2.20. The molecule has 5 heteroatoms. The van der Waals surface area contributed by atoms with E-state index in [1.807, 2.05) is 67.4 Å². The fourth-order valence-corrected chi connectivity index (χ4v) is 2.63. The first-order valence-electron chi connectivity index (χ1n) is 7.18. The van der Waals surface area contributed by atoms with E-state index in [0.29, 0.717) is 11.6 Å². The number of hydrogen-bond donors (Lipinski definition) is 1. The number of guanidine groups is 1. The molecule has 0 saturated heterocycles. The Morgan fingerprint density at radius 2 is 1.95 bits per heavy atom. The van der Waals surface area contributed by atoms with Crippen LogP contribution in [-0.2, 0) is 0 Å². The second-order valence-corrected chi connectivity index (χ2v) is 5.39. The van der Waals surface area contributed by atoms with Gasteiger partial charge in [0.1, 0.15) is 5.71 Å². The van der Waals surface area contributed by atoms with Crippen LogP contribution in [0.2, 0.25) is 5.02 Å². The van der Waals surface area contributed by atoms with Gasteiger partial charge in [-0.15, -0.1) is 0 Å². The van der Waals surface area contributed by atoms with Gasteiger partial charge in [-0.3, -0.25) is 4.99 Å². The molecule has 0 bridgehead atoms. The van der Waals surface area contributed by atoms with Crippen molar-refractivity contribution in [3.05, 3.63) is 64.7 Å². The first-order chi connectivity index (χ1) is 10.7. The Bertz CT molecular complexity index is 738. The monoisotopic (exact) mass is 312 g/mol. The van der Waals surface area contributed by atoms with E-state index in [0.717, 1.165) is 28.5 Å². The fraction of sp³-hybridized carbons (Fsp3) is 0.176. The van der Waals surface area contributed by atoms with Crippen molar-refractivity contribution in [2.24, 2.45) is 10.1 Å². The molecule has 0 unspecified atom stereocenters. The lowest BCUT2D eigenvalue weighted by Crippen LogP contribution is -2.35. The number of aliphatic imine (C=N–C) groups is 1. The minimum atomic E-state index is 0.686. The van der Waals surface area contributed by atoms with Gasteiger partial charge in [-0.1, -0.05) is 41.9 Å². The topological polar surface area (TPSA) is 40.0 Å². The van der Waals surface area contributed by atoms with Crippen molar-refractivity contribution >= 4 is 29.0 Å². The summed E-state index contributed by atoms with van der Waals surface area (Å²) in [6.07, 6.45) is 0. The van der Waals surface area contributed by atoms with Crippen LogP contribution in [0.1, 0.15) is 18.1 Å². The number of anilines is 1. The molecule has 1 aliphatic rings. The second-order valence-electron chi connectivity index (χ2n) is 4.96. The van der Waals surface area contributed by atoms with Gasteiger partial charge in [0.2, 0.25) is 5.96 Å². The number of benzene rings is 2. The van der Waals surface area contributed by atoms with Crippen LogP contribution in [0.25, 0.3) is 0 Å². The molecule has 112 valence electrons. The number of halogens is 1. The summed E-state index contributed by atoms with van der Waals surface area (Å²) in [5.74, 6) is 0.719. The molecule has 22 heavy (non-hydrogen) atoms. The lowest BCUT2D eigenvalue weighted by molar-refractivity contribution is 0.958. The van der Waals surface area contributed by atoms with Crippen LogP contribution >= 0.6 is 11.6 Å². The van der Waals surface area contributed by atoms with E-state index in [4.69, 9.17) is 11.6 Å². The molecule has 2 aromatic carbocycles. The number of fused-ring (bicyclic) bond motifs is 1. The SMILES string of the molecule is CCN=C1NN=C(c2ccccc2)c2cc(Cl)ccc2N1C. The van der Waals surface area contributed by atoms with Gasteiger partial charge in [0.15, 0.2) is 0 Å². The van der Waals surface area contributed by atoms with Gasteiger partial charge in [0.05, 0.1) is 5.69 Å². The summed E-state index contributed by atoms with van der Waals surface area (Å²) in [5, 5.41) is 5.25. The average Bonchev–Trinajstić information content (AvgIpc) is 2.66. The van der Waals surface area contributed by atoms with Gasteiger partial charge < -0.3 is 4.90 Å². The maximum atomic E-state index is 6.20. The highest BCUT2D eigenvalue weighted by atomic mass is 35.5. The summed E-state index contributed by atoms with van der Waals surface area (Å²) in [4.78, 5) is 6.46. The van der Waals surface area contributed by atoms with Crippen LogP contribution in [0.15, 0.2) is 58.6 Å². The molecule has 0 radical (unpaired) electrons. The Hall–Kier alpha value is -2.33. The van der Waals surface area contributed by atoms with Gasteiger partial charge in [-0.25, -0.2) is 5.43 Å². The third-order valence-electron chi connectivity index (χ3n) is 3.52. The number of rotatable bonds is 2. The van der Waals surface area contributed by atoms with E-state index in [-0.39, 0.29) is 0 Å². The first-order valence-corrected chi connectivity index (χ1v) is 7.55. The van der Waals surface area contributed by atoms with Gasteiger partial charge >= 0.3 is 0 Å². The van der Waals surface area contributed by atoms with Crippen LogP contribution in [0.4, 0.5) is 5.69 Å². The van der Waals surface area contributed by atoms with Crippen molar-refractivity contribution in [3.8, 4) is 0 Å². The van der Waals surface area contributed by atoms with E-state index < -0.39 is 0 Å². The minimum Gasteiger partial charge on any atom is -0.314 e. The van der Waals surface area contributed by atoms with E-state index in [1.54, 1.807) is 0 Å². The Kier molecular flexibility index (Phi) is 4.11. The Morgan fingerprint density at radius 3 is 2.68 bits per heavy atom. The average molecular weight is 313 g/mol. The summed E-state index contributed by atoms with van der Waals surface area (Å²) in [6, 6.07) is 15.9. The highest BCUT2D eigenvalue weighted by molar-refractivity contribution is 6.32. The van der Waals surface area contributed by atoms with Crippen molar-refractivity contribution < 1.29 is 0 Å². The van der Waals surface area contributed by atoms with E-state index >= 15 is 0 Å². The molecule has 0 aliphatic carbocycles. The van der Waals surface area contributed by atoms with Crippen molar-refractivity contribution in [3.63, 3.8) is 0 Å². The molecular formula is C17H17ClN4. The lowest BCUT2D eigenvalue weighted by atomic mass is 10.0. The molecule has 0 spiro atoms. The van der Waals surface area contributed by atoms with Crippen LogP contribution < -0.4 is 10.3 Å². The standard InChI is InChI=1S/C17H17ClN4/c1-3-19-17-21-20-16(12-7-5-4-6-8-12)14-11-13(18)9-10-15(14)22(17)2/h4-11H,3H2,1-2H3,(H,19,21). The second kappa shape index (κ2) is 6.20. The van der Waals surface area contributed by atoms with Crippen LogP contribution in [0.3, 0.4) is 0 Å². The molecule has 1 N–H and O–H groups in total. The van der Waals surface area contributed by atoms with Gasteiger partial charge in [-0.05, 0) is 25.1 Å². The normalized spacial score (nSPS) is 15.9. The lowest BCUT2D eigenvalue weighted by Gasteiger charge is -2.20. The van der Waals surface area contributed by atoms with Crippen molar-refractivity contribution in [1.29, 1.82) is 0 Å². The molecule has 4 nitrogen and oxygen atoms in total. The zero-order chi connectivity index (χ0) is 15.5. The predicted molar refractivity (Wildman–Crippen MR) is 93.0 cm³/mol. The first kappa shape index (κ1) is 14.6. The van der Waals surface area contributed by atoms with Crippen molar-refractivity contribution in [2.75, 3.05) is 18.5 Å². The van der Waals surface area contributed by atoms with Gasteiger partial charge in [0, 0.05) is 29.7 Å². The number of hydrazone groups is 1. The molecule has 0 saturated carbocycles. The molecular weight excluding hydrogens is 296 g/mol. The third kappa shape index (κ3) is 2.70. The van der Waals surface area contributed by atoms with Crippen LogP contribution in [0, 0.1) is 0 Å². The van der Waals surface area contributed by atoms with Crippen molar-refractivity contribution in [1.82, 2.24) is 5.43 Å². The highest BCUT2D eigenvalue weighted by Gasteiger charge is 2.21. The molecule has 0 atom stereocenters. The van der Waals surface area contributed by atoms with E-state index in [1.165, 1.54) is 0 Å². The van der Waals surface area contributed by atoms with E-state index in [9.17, 15) is 0 Å². The smallest absolute Gasteiger partial charge is 0.219 e. The Morgan fingerprint density at radius 1 is 1.18 bits per heavy atom. The molecule has 2 aromatic rings. The third-order valence-corrected chi connectivity index (χ3v) is 3.75. The summed E-state index contributed by atoms with van der Waals surface area (Å²) in [5.41, 5.74) is 6.95. The molecule has 3 rings (SSSR count). The fourth-order valence-electron chi connectivity index (χ4n) is 2.45. The van der Waals surface area contributed by atoms with Crippen LogP contribution in [0.5, 0.6) is 0 Å². The van der Waals surface area contributed by atoms with Gasteiger partial charge in [-0.2, -0.15) is 5.10 Å². The van der Waals surface area contributed by atoms with Crippen LogP contribution in [-0.4, -0.2) is 25.3 Å². The highest BCUT2D eigenvalue weighted by Crippen LogP contribution is 2.28. The Labute approximate surface area is 135 Å². The quantitative estimate of drug-likeness (QED) is 0.922. The molecule has 0 aromatic heterocycles. The largest absolute Gasteiger partial charge is 0.314 e. The summed E-state index contributed by atoms with van der Waals surface area (Å²) < 4.78 is 0. The van der Waals surface area contributed by atoms with Crippen molar-refractivity contribution in [2.45, 2.75) is 6.92 Å². The summed E-state index contributed by atoms with van der Waals surface area (Å²) in [6.45, 7) is 2.68. The van der Waals surface area contributed by atoms with Gasteiger partial charge in [0.25, 0.3) is 0 Å².